The number of benzene rings is 2. The van der Waals surface area contributed by atoms with Crippen molar-refractivity contribution >= 4 is 17.3 Å². The number of halogens is 1. The van der Waals surface area contributed by atoms with Crippen LogP contribution in [0.4, 0.5) is 15.8 Å². The summed E-state index contributed by atoms with van der Waals surface area (Å²) in [4.78, 5) is 12.2. The standard InChI is InChI=1S/C18H16FN3O/c1-12-7-8-16(13(2)9-12)22-18(23)14(10-20)11-21-17-6-4-3-5-15(17)19/h3-9,11,21H,1-2H3,(H,22,23)/b14-11-. The molecule has 2 rings (SSSR count). The van der Waals surface area contributed by atoms with Crippen LogP contribution in [0, 0.1) is 31.0 Å². The van der Waals surface area contributed by atoms with Crippen LogP contribution in [0.3, 0.4) is 0 Å². The Balaban J connectivity index is 2.14. The van der Waals surface area contributed by atoms with E-state index in [1.807, 2.05) is 26.0 Å². The topological polar surface area (TPSA) is 64.9 Å². The second-order valence-corrected chi connectivity index (χ2v) is 5.07. The highest BCUT2D eigenvalue weighted by atomic mass is 19.1. The van der Waals surface area contributed by atoms with Gasteiger partial charge in [0.1, 0.15) is 17.5 Å². The van der Waals surface area contributed by atoms with E-state index in [0.717, 1.165) is 11.1 Å². The zero-order valence-electron chi connectivity index (χ0n) is 12.9. The fraction of sp³-hybridized carbons (Fsp3) is 0.111. The van der Waals surface area contributed by atoms with E-state index < -0.39 is 11.7 Å². The van der Waals surface area contributed by atoms with Crippen molar-refractivity contribution in [2.75, 3.05) is 10.6 Å². The Morgan fingerprint density at radius 1 is 1.17 bits per heavy atom. The summed E-state index contributed by atoms with van der Waals surface area (Å²) in [6.45, 7) is 3.83. The van der Waals surface area contributed by atoms with Crippen LogP contribution < -0.4 is 10.6 Å². The zero-order valence-corrected chi connectivity index (χ0v) is 12.9. The predicted octanol–water partition coefficient (Wildman–Crippen LogP) is 3.90. The number of carbonyl (C=O) groups excluding carboxylic acids is 1. The third-order valence-corrected chi connectivity index (χ3v) is 3.24. The Kier molecular flexibility index (Phi) is 5.11. The minimum atomic E-state index is -0.553. The molecule has 0 unspecified atom stereocenters. The van der Waals surface area contributed by atoms with E-state index in [1.54, 1.807) is 24.3 Å². The van der Waals surface area contributed by atoms with E-state index in [4.69, 9.17) is 5.26 Å². The van der Waals surface area contributed by atoms with Crippen LogP contribution in [0.15, 0.2) is 54.2 Å². The van der Waals surface area contributed by atoms with Crippen LogP contribution in [0.5, 0.6) is 0 Å². The fourth-order valence-corrected chi connectivity index (χ4v) is 2.02. The normalized spacial score (nSPS) is 10.8. The van der Waals surface area contributed by atoms with Crippen molar-refractivity contribution in [3.05, 3.63) is 71.2 Å². The van der Waals surface area contributed by atoms with Crippen molar-refractivity contribution in [3.8, 4) is 6.07 Å². The maximum Gasteiger partial charge on any atom is 0.267 e. The average molecular weight is 309 g/mol. The number of nitriles is 1. The molecule has 23 heavy (non-hydrogen) atoms. The molecule has 0 aliphatic carbocycles. The SMILES string of the molecule is Cc1ccc(NC(=O)/C(C#N)=C\Nc2ccccc2F)c(C)c1. The molecule has 0 aromatic heterocycles. The lowest BCUT2D eigenvalue weighted by Gasteiger charge is -2.09. The first-order valence-electron chi connectivity index (χ1n) is 7.01. The van der Waals surface area contributed by atoms with E-state index in [0.29, 0.717) is 5.69 Å². The highest BCUT2D eigenvalue weighted by molar-refractivity contribution is 6.07. The van der Waals surface area contributed by atoms with Crippen LogP contribution in [0.1, 0.15) is 11.1 Å². The Hall–Kier alpha value is -3.13. The number of nitrogens with zero attached hydrogens (tertiary/aromatic N) is 1. The van der Waals surface area contributed by atoms with Gasteiger partial charge in [-0.05, 0) is 37.6 Å². The molecule has 2 aromatic rings. The largest absolute Gasteiger partial charge is 0.358 e. The maximum absolute atomic E-state index is 13.5. The number of aryl methyl sites for hydroxylation is 2. The van der Waals surface area contributed by atoms with E-state index >= 15 is 0 Å². The molecule has 2 aromatic carbocycles. The molecule has 0 saturated heterocycles. The Bertz CT molecular complexity index is 806. The first-order chi connectivity index (χ1) is 11.0. The third kappa shape index (κ3) is 4.17. The van der Waals surface area contributed by atoms with Crippen molar-refractivity contribution in [2.24, 2.45) is 0 Å². The van der Waals surface area contributed by atoms with E-state index in [9.17, 15) is 9.18 Å². The van der Waals surface area contributed by atoms with Crippen molar-refractivity contribution in [1.29, 1.82) is 5.26 Å². The molecule has 2 N–H and O–H groups in total. The molecule has 0 aliphatic heterocycles. The minimum absolute atomic E-state index is 0.145. The molecule has 1 amide bonds. The molecule has 5 heteroatoms. The number of amides is 1. The molecular weight excluding hydrogens is 293 g/mol. The van der Waals surface area contributed by atoms with E-state index in [2.05, 4.69) is 10.6 Å². The average Bonchev–Trinajstić information content (AvgIpc) is 2.52. The molecule has 0 fully saturated rings. The van der Waals surface area contributed by atoms with Crippen molar-refractivity contribution < 1.29 is 9.18 Å². The van der Waals surface area contributed by atoms with Gasteiger partial charge >= 0.3 is 0 Å². The van der Waals surface area contributed by atoms with Gasteiger partial charge < -0.3 is 10.6 Å². The Labute approximate surface area is 134 Å². The summed E-state index contributed by atoms with van der Waals surface area (Å²) >= 11 is 0. The second-order valence-electron chi connectivity index (χ2n) is 5.07. The third-order valence-electron chi connectivity index (χ3n) is 3.24. The number of anilines is 2. The van der Waals surface area contributed by atoms with Crippen LogP contribution in [0.2, 0.25) is 0 Å². The quantitative estimate of drug-likeness (QED) is 0.665. The van der Waals surface area contributed by atoms with Crippen LogP contribution in [-0.4, -0.2) is 5.91 Å². The Morgan fingerprint density at radius 3 is 2.57 bits per heavy atom. The molecule has 0 bridgehead atoms. The van der Waals surface area contributed by atoms with Crippen LogP contribution in [-0.2, 0) is 4.79 Å². The number of nitrogens with one attached hydrogen (secondary N) is 2. The zero-order chi connectivity index (χ0) is 16.8. The van der Waals surface area contributed by atoms with Crippen LogP contribution >= 0.6 is 0 Å². The van der Waals surface area contributed by atoms with Gasteiger partial charge in [-0.15, -0.1) is 0 Å². The lowest BCUT2D eigenvalue weighted by Crippen LogP contribution is -2.15. The summed E-state index contributed by atoms with van der Waals surface area (Å²) in [5, 5.41) is 14.4. The molecular formula is C18H16FN3O. The number of carbonyl (C=O) groups is 1. The molecule has 0 spiro atoms. The van der Waals surface area contributed by atoms with Gasteiger partial charge in [-0.25, -0.2) is 4.39 Å². The smallest absolute Gasteiger partial charge is 0.267 e. The summed E-state index contributed by atoms with van der Waals surface area (Å²) in [7, 11) is 0. The maximum atomic E-state index is 13.5. The highest BCUT2D eigenvalue weighted by Crippen LogP contribution is 2.17. The van der Waals surface area contributed by atoms with Gasteiger partial charge in [0.2, 0.25) is 0 Å². The van der Waals surface area contributed by atoms with Gasteiger partial charge in [0.05, 0.1) is 5.69 Å². The summed E-state index contributed by atoms with van der Waals surface area (Å²) in [6, 6.07) is 13.4. The first kappa shape index (κ1) is 16.2. The molecule has 0 aliphatic rings. The van der Waals surface area contributed by atoms with E-state index in [1.165, 1.54) is 18.3 Å². The summed E-state index contributed by atoms with van der Waals surface area (Å²) in [5.74, 6) is -1.01. The van der Waals surface area contributed by atoms with Gasteiger partial charge in [-0.1, -0.05) is 29.8 Å². The molecule has 0 radical (unpaired) electrons. The van der Waals surface area contributed by atoms with Gasteiger partial charge in [0, 0.05) is 11.9 Å². The summed E-state index contributed by atoms with van der Waals surface area (Å²) < 4.78 is 13.5. The molecule has 116 valence electrons. The number of hydrogen-bond acceptors (Lipinski definition) is 3. The van der Waals surface area contributed by atoms with Gasteiger partial charge in [0.15, 0.2) is 0 Å². The highest BCUT2D eigenvalue weighted by Gasteiger charge is 2.11. The number of hydrogen-bond donors (Lipinski definition) is 2. The number of rotatable bonds is 4. The lowest BCUT2D eigenvalue weighted by atomic mass is 10.1. The molecule has 0 heterocycles. The lowest BCUT2D eigenvalue weighted by molar-refractivity contribution is -0.112. The molecule has 0 saturated carbocycles. The van der Waals surface area contributed by atoms with Crippen molar-refractivity contribution in [3.63, 3.8) is 0 Å². The van der Waals surface area contributed by atoms with Crippen molar-refractivity contribution in [1.82, 2.24) is 0 Å². The van der Waals surface area contributed by atoms with Gasteiger partial charge in [-0.2, -0.15) is 5.26 Å². The van der Waals surface area contributed by atoms with E-state index in [-0.39, 0.29) is 11.3 Å². The number of para-hydroxylation sites is 1. The predicted molar refractivity (Wildman–Crippen MR) is 88.3 cm³/mol. The van der Waals surface area contributed by atoms with Gasteiger partial charge in [-0.3, -0.25) is 4.79 Å². The summed E-state index contributed by atoms with van der Waals surface area (Å²) in [6.07, 6.45) is 1.19. The first-order valence-corrected chi connectivity index (χ1v) is 7.01. The molecule has 0 atom stereocenters. The molecule has 4 nitrogen and oxygen atoms in total. The summed E-state index contributed by atoms with van der Waals surface area (Å²) in [5.41, 5.74) is 2.66. The second kappa shape index (κ2) is 7.23. The minimum Gasteiger partial charge on any atom is -0.358 e. The Morgan fingerprint density at radius 2 is 1.91 bits per heavy atom. The van der Waals surface area contributed by atoms with Crippen LogP contribution in [0.25, 0.3) is 0 Å². The fourth-order valence-electron chi connectivity index (χ4n) is 2.02. The monoisotopic (exact) mass is 309 g/mol. The van der Waals surface area contributed by atoms with Crippen molar-refractivity contribution in [2.45, 2.75) is 13.8 Å². The van der Waals surface area contributed by atoms with Gasteiger partial charge in [0.25, 0.3) is 5.91 Å².